The number of hydrogen-bond acceptors (Lipinski definition) is 1. The molecule has 0 aliphatic carbocycles. The predicted octanol–water partition coefficient (Wildman–Crippen LogP) is 4.14. The highest BCUT2D eigenvalue weighted by Gasteiger charge is 2.01. The standard InChI is InChI=1S/C18H18O/c1-3-4-10-17-11-12-18(13-15(17)2)19-14-16-8-6-5-7-9-16/h1,5-9,11-13H,4,10,14H2,2H3. The minimum absolute atomic E-state index is 0.601. The van der Waals surface area contributed by atoms with Crippen LogP contribution in [0.25, 0.3) is 0 Å². The van der Waals surface area contributed by atoms with Gasteiger partial charge >= 0.3 is 0 Å². The number of hydrogen-bond donors (Lipinski definition) is 0. The van der Waals surface area contributed by atoms with E-state index in [9.17, 15) is 0 Å². The Hall–Kier alpha value is -2.20. The van der Waals surface area contributed by atoms with Gasteiger partial charge in [-0.2, -0.15) is 0 Å². The van der Waals surface area contributed by atoms with Crippen LogP contribution in [0.4, 0.5) is 0 Å². The summed E-state index contributed by atoms with van der Waals surface area (Å²) >= 11 is 0. The molecule has 2 aromatic carbocycles. The SMILES string of the molecule is C#CCCc1ccc(OCc2ccccc2)cc1C. The molecule has 19 heavy (non-hydrogen) atoms. The summed E-state index contributed by atoms with van der Waals surface area (Å²) in [6.45, 7) is 2.70. The molecule has 0 spiro atoms. The number of aryl methyl sites for hydroxylation is 2. The van der Waals surface area contributed by atoms with Crippen molar-refractivity contribution >= 4 is 0 Å². The van der Waals surface area contributed by atoms with Gasteiger partial charge < -0.3 is 4.74 Å². The highest BCUT2D eigenvalue weighted by Crippen LogP contribution is 2.19. The fourth-order valence-corrected chi connectivity index (χ4v) is 1.99. The molecule has 1 nitrogen and oxygen atoms in total. The Morgan fingerprint density at radius 2 is 1.89 bits per heavy atom. The third-order valence-corrected chi connectivity index (χ3v) is 3.10. The van der Waals surface area contributed by atoms with E-state index >= 15 is 0 Å². The Labute approximate surface area is 115 Å². The zero-order chi connectivity index (χ0) is 13.5. The van der Waals surface area contributed by atoms with Crippen LogP contribution >= 0.6 is 0 Å². The highest BCUT2D eigenvalue weighted by molar-refractivity contribution is 5.35. The van der Waals surface area contributed by atoms with Gasteiger partial charge in [-0.3, -0.25) is 0 Å². The molecule has 2 rings (SSSR count). The van der Waals surface area contributed by atoms with Crippen LogP contribution in [0.5, 0.6) is 5.75 Å². The van der Waals surface area contributed by atoms with E-state index in [0.29, 0.717) is 6.61 Å². The van der Waals surface area contributed by atoms with Crippen LogP contribution in [0.3, 0.4) is 0 Å². The monoisotopic (exact) mass is 250 g/mol. The Morgan fingerprint density at radius 3 is 2.58 bits per heavy atom. The Kier molecular flexibility index (Phi) is 4.64. The van der Waals surface area contributed by atoms with E-state index in [-0.39, 0.29) is 0 Å². The fourth-order valence-electron chi connectivity index (χ4n) is 1.99. The first-order valence-electron chi connectivity index (χ1n) is 6.49. The van der Waals surface area contributed by atoms with E-state index in [1.165, 1.54) is 16.7 Å². The molecule has 0 amide bonds. The molecule has 0 aliphatic heterocycles. The topological polar surface area (TPSA) is 9.23 Å². The van der Waals surface area contributed by atoms with Gasteiger partial charge in [0.2, 0.25) is 0 Å². The Balaban J connectivity index is 1.98. The van der Waals surface area contributed by atoms with Crippen LogP contribution in [-0.2, 0) is 13.0 Å². The molecule has 0 heterocycles. The van der Waals surface area contributed by atoms with Crippen molar-refractivity contribution in [2.45, 2.75) is 26.4 Å². The average molecular weight is 250 g/mol. The highest BCUT2D eigenvalue weighted by atomic mass is 16.5. The van der Waals surface area contributed by atoms with Crippen LogP contribution in [0.2, 0.25) is 0 Å². The zero-order valence-corrected chi connectivity index (χ0v) is 11.2. The maximum absolute atomic E-state index is 5.79. The molecular weight excluding hydrogens is 232 g/mol. The molecule has 0 saturated heterocycles. The Morgan fingerprint density at radius 1 is 1.11 bits per heavy atom. The summed E-state index contributed by atoms with van der Waals surface area (Å²) < 4.78 is 5.79. The smallest absolute Gasteiger partial charge is 0.120 e. The molecule has 0 radical (unpaired) electrons. The van der Waals surface area contributed by atoms with Crippen LogP contribution < -0.4 is 4.74 Å². The number of terminal acetylenes is 1. The van der Waals surface area contributed by atoms with E-state index in [4.69, 9.17) is 11.2 Å². The van der Waals surface area contributed by atoms with Gasteiger partial charge in [0, 0.05) is 6.42 Å². The summed E-state index contributed by atoms with van der Waals surface area (Å²) in [7, 11) is 0. The molecule has 2 aromatic rings. The number of ether oxygens (including phenoxy) is 1. The van der Waals surface area contributed by atoms with Crippen molar-refractivity contribution in [3.63, 3.8) is 0 Å². The molecule has 0 aliphatic rings. The van der Waals surface area contributed by atoms with Gasteiger partial charge in [-0.05, 0) is 42.2 Å². The van der Waals surface area contributed by atoms with Crippen LogP contribution in [0, 0.1) is 19.3 Å². The molecule has 96 valence electrons. The molecule has 0 N–H and O–H groups in total. The third-order valence-electron chi connectivity index (χ3n) is 3.10. The molecule has 0 unspecified atom stereocenters. The molecule has 0 atom stereocenters. The summed E-state index contributed by atoms with van der Waals surface area (Å²) in [6.07, 6.45) is 7.01. The van der Waals surface area contributed by atoms with Crippen molar-refractivity contribution in [1.82, 2.24) is 0 Å². The van der Waals surface area contributed by atoms with Crippen LogP contribution in [0.15, 0.2) is 48.5 Å². The molecular formula is C18H18O. The third kappa shape index (κ3) is 3.89. The lowest BCUT2D eigenvalue weighted by atomic mass is 10.0. The zero-order valence-electron chi connectivity index (χ0n) is 11.2. The second-order valence-corrected chi connectivity index (χ2v) is 4.57. The Bertz CT molecular complexity index is 564. The minimum Gasteiger partial charge on any atom is -0.489 e. The van der Waals surface area contributed by atoms with Crippen molar-refractivity contribution in [1.29, 1.82) is 0 Å². The van der Waals surface area contributed by atoms with E-state index in [2.05, 4.69) is 37.1 Å². The quantitative estimate of drug-likeness (QED) is 0.725. The van der Waals surface area contributed by atoms with Gasteiger partial charge in [0.05, 0.1) is 0 Å². The number of benzene rings is 2. The van der Waals surface area contributed by atoms with Gasteiger partial charge in [-0.1, -0.05) is 36.4 Å². The van der Waals surface area contributed by atoms with Crippen molar-refractivity contribution in [2.24, 2.45) is 0 Å². The van der Waals surface area contributed by atoms with Gasteiger partial charge in [-0.25, -0.2) is 0 Å². The average Bonchev–Trinajstić information content (AvgIpc) is 2.45. The van der Waals surface area contributed by atoms with Crippen molar-refractivity contribution in [3.8, 4) is 18.1 Å². The first kappa shape index (κ1) is 13.2. The molecule has 0 aromatic heterocycles. The van der Waals surface area contributed by atoms with E-state index in [1.54, 1.807) is 0 Å². The maximum atomic E-state index is 5.79. The summed E-state index contributed by atoms with van der Waals surface area (Å²) in [5, 5.41) is 0. The normalized spacial score (nSPS) is 9.89. The second kappa shape index (κ2) is 6.66. The second-order valence-electron chi connectivity index (χ2n) is 4.57. The lowest BCUT2D eigenvalue weighted by Gasteiger charge is -2.09. The van der Waals surface area contributed by atoms with Crippen molar-refractivity contribution in [3.05, 3.63) is 65.2 Å². The van der Waals surface area contributed by atoms with Gasteiger partial charge in [0.1, 0.15) is 12.4 Å². The fraction of sp³-hybridized carbons (Fsp3) is 0.222. The summed E-state index contributed by atoms with van der Waals surface area (Å²) in [5.74, 6) is 3.58. The summed E-state index contributed by atoms with van der Waals surface area (Å²) in [6, 6.07) is 16.4. The van der Waals surface area contributed by atoms with Crippen LogP contribution in [-0.4, -0.2) is 0 Å². The van der Waals surface area contributed by atoms with Gasteiger partial charge in [-0.15, -0.1) is 12.3 Å². The van der Waals surface area contributed by atoms with Gasteiger partial charge in [0.25, 0.3) is 0 Å². The maximum Gasteiger partial charge on any atom is 0.120 e. The summed E-state index contributed by atoms with van der Waals surface area (Å²) in [5.41, 5.74) is 3.71. The van der Waals surface area contributed by atoms with Crippen LogP contribution in [0.1, 0.15) is 23.1 Å². The predicted molar refractivity (Wildman–Crippen MR) is 79.1 cm³/mol. The molecule has 0 bridgehead atoms. The lowest BCUT2D eigenvalue weighted by molar-refractivity contribution is 0.306. The first-order valence-corrected chi connectivity index (χ1v) is 6.49. The largest absolute Gasteiger partial charge is 0.489 e. The number of rotatable bonds is 5. The first-order chi connectivity index (χ1) is 9.29. The molecule has 0 fully saturated rings. The minimum atomic E-state index is 0.601. The van der Waals surface area contributed by atoms with Crippen molar-refractivity contribution < 1.29 is 4.74 Å². The molecule has 0 saturated carbocycles. The van der Waals surface area contributed by atoms with E-state index in [0.717, 1.165) is 18.6 Å². The van der Waals surface area contributed by atoms with E-state index in [1.807, 2.05) is 24.3 Å². The van der Waals surface area contributed by atoms with E-state index < -0.39 is 0 Å². The van der Waals surface area contributed by atoms with Gasteiger partial charge in [0.15, 0.2) is 0 Å². The molecule has 1 heteroatoms. The lowest BCUT2D eigenvalue weighted by Crippen LogP contribution is -1.96. The summed E-state index contributed by atoms with van der Waals surface area (Å²) in [4.78, 5) is 0. The van der Waals surface area contributed by atoms with Crippen molar-refractivity contribution in [2.75, 3.05) is 0 Å².